The molecule has 1 aromatic heterocycles. The lowest BCUT2D eigenvalue weighted by atomic mass is 10.00. The van der Waals surface area contributed by atoms with Crippen molar-refractivity contribution in [2.45, 2.75) is 18.2 Å². The molecule has 0 saturated heterocycles. The number of benzene rings is 1. The fourth-order valence-corrected chi connectivity index (χ4v) is 4.03. The second-order valence-corrected chi connectivity index (χ2v) is 8.31. The van der Waals surface area contributed by atoms with E-state index in [0.717, 1.165) is 40.2 Å². The minimum absolute atomic E-state index is 0.332. The van der Waals surface area contributed by atoms with Crippen LogP contribution in [0.3, 0.4) is 0 Å². The first-order chi connectivity index (χ1) is 10.8. The maximum atomic E-state index is 14.1. The Hall–Kier alpha value is -1.86. The van der Waals surface area contributed by atoms with Crippen LogP contribution in [0.1, 0.15) is 22.7 Å². The van der Waals surface area contributed by atoms with Gasteiger partial charge in [0.05, 0.1) is 10.7 Å². The van der Waals surface area contributed by atoms with Crippen LogP contribution in [0.2, 0.25) is 0 Å². The molecule has 3 nitrogen and oxygen atoms in total. The first kappa shape index (κ1) is 16.0. The number of aryl methyl sites for hydroxylation is 1. The summed E-state index contributed by atoms with van der Waals surface area (Å²) in [4.78, 5) is 3.51. The first-order valence-corrected chi connectivity index (χ1v) is 9.56. The van der Waals surface area contributed by atoms with Crippen molar-refractivity contribution < 1.29 is 17.2 Å². The molecule has 0 spiro atoms. The van der Waals surface area contributed by atoms with Gasteiger partial charge in [0.1, 0.15) is 16.5 Å². The van der Waals surface area contributed by atoms with Crippen LogP contribution < -0.4 is 0 Å². The van der Waals surface area contributed by atoms with Gasteiger partial charge >= 0.3 is 0 Å². The molecule has 0 amide bonds. The van der Waals surface area contributed by atoms with Gasteiger partial charge in [-0.05, 0) is 36.6 Å². The summed E-state index contributed by atoms with van der Waals surface area (Å²) in [5, 5.41) is 2.79. The minimum Gasteiger partial charge on any atom is -0.242 e. The molecule has 7 heteroatoms. The van der Waals surface area contributed by atoms with E-state index < -0.39 is 26.4 Å². The number of aromatic nitrogens is 1. The van der Waals surface area contributed by atoms with E-state index in [2.05, 4.69) is 4.98 Å². The van der Waals surface area contributed by atoms with Crippen molar-refractivity contribution in [3.63, 3.8) is 0 Å². The molecule has 23 heavy (non-hydrogen) atoms. The van der Waals surface area contributed by atoms with Crippen LogP contribution in [0.25, 0.3) is 11.1 Å². The number of nitrogens with zero attached hydrogens (tertiary/aromatic N) is 1. The summed E-state index contributed by atoms with van der Waals surface area (Å²) in [6, 6.07) is 2.14. The van der Waals surface area contributed by atoms with Crippen LogP contribution in [0, 0.1) is 18.6 Å². The lowest BCUT2D eigenvalue weighted by Gasteiger charge is -2.09. The second-order valence-electron chi connectivity index (χ2n) is 5.29. The molecular weight excluding hydrogens is 340 g/mol. The third-order valence-electron chi connectivity index (χ3n) is 3.54. The Balaban J connectivity index is 2.16. The summed E-state index contributed by atoms with van der Waals surface area (Å²) in [5.41, 5.74) is 2.62. The van der Waals surface area contributed by atoms with E-state index in [0.29, 0.717) is 12.0 Å². The van der Waals surface area contributed by atoms with Crippen LogP contribution in [0.5, 0.6) is 0 Å². The normalized spacial score (nSPS) is 14.8. The predicted octanol–water partition coefficient (Wildman–Crippen LogP) is 4.00. The number of hydrogen-bond acceptors (Lipinski definition) is 4. The van der Waals surface area contributed by atoms with Crippen LogP contribution in [0.4, 0.5) is 8.78 Å². The number of rotatable bonds is 3. The predicted molar refractivity (Wildman–Crippen MR) is 86.9 cm³/mol. The first-order valence-electron chi connectivity index (χ1n) is 6.79. The standard InChI is InChI=1S/C16H13F2NO2S2/c1-9-19-15(8-22-9)12-5-3-4-11(12)10-6-13(17)16(14(18)7-10)23(2,20)21/h3,5-8H,4H2,1-2H3. The third kappa shape index (κ3) is 2.98. The zero-order valence-electron chi connectivity index (χ0n) is 12.4. The zero-order valence-corrected chi connectivity index (χ0v) is 14.1. The maximum Gasteiger partial charge on any atom is 0.181 e. The molecule has 1 heterocycles. The van der Waals surface area contributed by atoms with Gasteiger partial charge in [0, 0.05) is 17.2 Å². The van der Waals surface area contributed by atoms with Crippen LogP contribution in [-0.2, 0) is 9.84 Å². The zero-order chi connectivity index (χ0) is 16.8. The van der Waals surface area contributed by atoms with Gasteiger partial charge in [0.2, 0.25) is 0 Å². The summed E-state index contributed by atoms with van der Waals surface area (Å²) in [6.07, 6.45) is 5.06. The van der Waals surface area contributed by atoms with Crippen molar-refractivity contribution in [3.8, 4) is 0 Å². The van der Waals surface area contributed by atoms with Gasteiger partial charge in [-0.15, -0.1) is 11.3 Å². The lowest BCUT2D eigenvalue weighted by molar-refractivity contribution is 0.520. The van der Waals surface area contributed by atoms with E-state index in [1.807, 2.05) is 24.5 Å². The van der Waals surface area contributed by atoms with E-state index in [4.69, 9.17) is 0 Å². The summed E-state index contributed by atoms with van der Waals surface area (Å²) in [7, 11) is -3.96. The van der Waals surface area contributed by atoms with Crippen molar-refractivity contribution in [3.05, 3.63) is 57.6 Å². The van der Waals surface area contributed by atoms with E-state index in [9.17, 15) is 17.2 Å². The Morgan fingerprint density at radius 3 is 2.39 bits per heavy atom. The molecule has 1 aromatic carbocycles. The topological polar surface area (TPSA) is 47.0 Å². The Bertz CT molecular complexity index is 933. The van der Waals surface area contributed by atoms with Crippen molar-refractivity contribution in [2.24, 2.45) is 0 Å². The lowest BCUT2D eigenvalue weighted by Crippen LogP contribution is -2.05. The van der Waals surface area contributed by atoms with Gasteiger partial charge in [0.15, 0.2) is 9.84 Å². The summed E-state index contributed by atoms with van der Waals surface area (Å²) < 4.78 is 51.2. The highest BCUT2D eigenvalue weighted by molar-refractivity contribution is 7.90. The highest BCUT2D eigenvalue weighted by Crippen LogP contribution is 2.36. The number of allylic oxidation sites excluding steroid dienone is 4. The van der Waals surface area contributed by atoms with Gasteiger partial charge < -0.3 is 0 Å². The second kappa shape index (κ2) is 5.65. The summed E-state index contributed by atoms with van der Waals surface area (Å²) in [5.74, 6) is -2.15. The smallest absolute Gasteiger partial charge is 0.181 e. The fraction of sp³-hybridized carbons (Fsp3) is 0.188. The Kier molecular flexibility index (Phi) is 3.93. The molecule has 0 saturated carbocycles. The number of thiazole rings is 1. The van der Waals surface area contributed by atoms with Crippen molar-refractivity contribution in [1.82, 2.24) is 4.98 Å². The Labute approximate surface area is 136 Å². The third-order valence-corrected chi connectivity index (χ3v) is 5.45. The van der Waals surface area contributed by atoms with Gasteiger partial charge in [-0.2, -0.15) is 0 Å². The van der Waals surface area contributed by atoms with Gasteiger partial charge in [0.25, 0.3) is 0 Å². The molecule has 120 valence electrons. The van der Waals surface area contributed by atoms with Gasteiger partial charge in [-0.3, -0.25) is 0 Å². The van der Waals surface area contributed by atoms with Crippen molar-refractivity contribution in [1.29, 1.82) is 0 Å². The minimum atomic E-state index is -3.96. The molecule has 3 rings (SSSR count). The molecule has 0 bridgehead atoms. The molecule has 0 N–H and O–H groups in total. The average molecular weight is 353 g/mol. The SMILES string of the molecule is Cc1nc(C2=C(c3cc(F)c(S(C)(=O)=O)c(F)c3)CC=C2)cs1. The molecule has 0 radical (unpaired) electrons. The molecule has 1 aliphatic carbocycles. The monoisotopic (exact) mass is 353 g/mol. The molecule has 1 aliphatic rings. The van der Waals surface area contributed by atoms with Crippen LogP contribution in [-0.4, -0.2) is 19.7 Å². The van der Waals surface area contributed by atoms with E-state index in [1.54, 1.807) is 0 Å². The molecule has 0 fully saturated rings. The largest absolute Gasteiger partial charge is 0.242 e. The molecule has 2 aromatic rings. The van der Waals surface area contributed by atoms with Gasteiger partial charge in [-0.1, -0.05) is 12.2 Å². The number of sulfone groups is 1. The number of hydrogen-bond donors (Lipinski definition) is 0. The average Bonchev–Trinajstić information content (AvgIpc) is 3.03. The molecule has 0 unspecified atom stereocenters. The van der Waals surface area contributed by atoms with E-state index in [-0.39, 0.29) is 0 Å². The van der Waals surface area contributed by atoms with E-state index >= 15 is 0 Å². The highest BCUT2D eigenvalue weighted by atomic mass is 32.2. The Morgan fingerprint density at radius 2 is 1.87 bits per heavy atom. The van der Waals surface area contributed by atoms with Crippen molar-refractivity contribution in [2.75, 3.05) is 6.26 Å². The quantitative estimate of drug-likeness (QED) is 0.838. The van der Waals surface area contributed by atoms with Crippen LogP contribution >= 0.6 is 11.3 Å². The molecule has 0 atom stereocenters. The molecular formula is C16H13F2NO2S2. The highest BCUT2D eigenvalue weighted by Gasteiger charge is 2.23. The van der Waals surface area contributed by atoms with Crippen molar-refractivity contribution >= 4 is 32.3 Å². The van der Waals surface area contributed by atoms with Crippen LogP contribution in [0.15, 0.2) is 34.6 Å². The summed E-state index contributed by atoms with van der Waals surface area (Å²) >= 11 is 1.49. The molecule has 0 aliphatic heterocycles. The maximum absolute atomic E-state index is 14.1. The fourth-order valence-electron chi connectivity index (χ4n) is 2.59. The van der Waals surface area contributed by atoms with E-state index in [1.165, 1.54) is 11.3 Å². The van der Waals surface area contributed by atoms with Gasteiger partial charge in [-0.25, -0.2) is 22.2 Å². The summed E-state index contributed by atoms with van der Waals surface area (Å²) in [6.45, 7) is 1.88. The number of halogens is 2. The Morgan fingerprint density at radius 1 is 1.22 bits per heavy atom.